The Hall–Kier alpha value is -3.45. The molecule has 1 saturated heterocycles. The summed E-state index contributed by atoms with van der Waals surface area (Å²) in [6, 6.07) is 15.6. The number of nitrogens with one attached hydrogen (secondary N) is 1. The Morgan fingerprint density at radius 2 is 1.74 bits per heavy atom. The van der Waals surface area contributed by atoms with Crippen LogP contribution in [-0.2, 0) is 9.53 Å². The van der Waals surface area contributed by atoms with Gasteiger partial charge in [-0.15, -0.1) is 0 Å². The highest BCUT2D eigenvalue weighted by atomic mass is 16.5. The predicted molar refractivity (Wildman–Crippen MR) is 120 cm³/mol. The van der Waals surface area contributed by atoms with Gasteiger partial charge in [-0.1, -0.05) is 36.4 Å². The summed E-state index contributed by atoms with van der Waals surface area (Å²) in [5.41, 5.74) is 3.53. The number of nitrogens with zero attached hydrogens (tertiary/aromatic N) is 3. The van der Waals surface area contributed by atoms with E-state index in [2.05, 4.69) is 10.2 Å². The van der Waals surface area contributed by atoms with Gasteiger partial charge in [0.15, 0.2) is 0 Å². The van der Waals surface area contributed by atoms with Crippen molar-refractivity contribution < 1.29 is 14.3 Å². The van der Waals surface area contributed by atoms with E-state index in [1.807, 2.05) is 65.6 Å². The van der Waals surface area contributed by atoms with Crippen LogP contribution in [0.5, 0.6) is 0 Å². The number of carbonyl (C=O) groups excluding carboxylic acids is 2. The molecular weight excluding hydrogens is 392 g/mol. The maximum Gasteiger partial charge on any atom is 0.253 e. The summed E-state index contributed by atoms with van der Waals surface area (Å²) >= 11 is 0. The first kappa shape index (κ1) is 20.8. The first-order valence-corrected chi connectivity index (χ1v) is 10.4. The first-order valence-electron chi connectivity index (χ1n) is 10.4. The van der Waals surface area contributed by atoms with Gasteiger partial charge in [0.05, 0.1) is 11.2 Å². The third kappa shape index (κ3) is 4.83. The van der Waals surface area contributed by atoms with Crippen LogP contribution < -0.4 is 0 Å². The highest BCUT2D eigenvalue weighted by Gasteiger charge is 2.22. The van der Waals surface area contributed by atoms with E-state index in [4.69, 9.17) is 4.74 Å². The first-order chi connectivity index (χ1) is 15.2. The number of amides is 2. The molecular formula is C24H26N4O3. The second kappa shape index (κ2) is 9.57. The van der Waals surface area contributed by atoms with Gasteiger partial charge in [-0.25, -0.2) is 0 Å². The molecule has 0 unspecified atom stereocenters. The van der Waals surface area contributed by atoms with E-state index in [0.717, 1.165) is 28.6 Å². The largest absolute Gasteiger partial charge is 0.375 e. The van der Waals surface area contributed by atoms with Crippen LogP contribution in [0.4, 0.5) is 0 Å². The fraction of sp³-hybridized carbons (Fsp3) is 0.292. The van der Waals surface area contributed by atoms with Crippen molar-refractivity contribution in [2.24, 2.45) is 0 Å². The average molecular weight is 418 g/mol. The lowest BCUT2D eigenvalue weighted by atomic mass is 10.1. The molecule has 7 nitrogen and oxygen atoms in total. The fourth-order valence-electron chi connectivity index (χ4n) is 3.79. The van der Waals surface area contributed by atoms with Crippen molar-refractivity contribution in [1.29, 1.82) is 0 Å². The second-order valence-corrected chi connectivity index (χ2v) is 7.57. The molecule has 31 heavy (non-hydrogen) atoms. The number of H-pyrrole nitrogens is 1. The van der Waals surface area contributed by atoms with Crippen LogP contribution in [-0.4, -0.2) is 71.7 Å². The van der Waals surface area contributed by atoms with Gasteiger partial charge in [-0.3, -0.25) is 14.7 Å². The number of rotatable bonds is 5. The Balaban J connectivity index is 1.39. The lowest BCUT2D eigenvalue weighted by molar-refractivity contribution is -0.135. The molecule has 0 spiro atoms. The molecule has 0 radical (unpaired) electrons. The van der Waals surface area contributed by atoms with E-state index in [1.54, 1.807) is 4.90 Å². The van der Waals surface area contributed by atoms with Crippen molar-refractivity contribution in [2.45, 2.75) is 6.42 Å². The van der Waals surface area contributed by atoms with Crippen LogP contribution >= 0.6 is 0 Å². The summed E-state index contributed by atoms with van der Waals surface area (Å²) in [7, 11) is 1.52. The molecule has 1 aliphatic rings. The van der Waals surface area contributed by atoms with Gasteiger partial charge in [0.2, 0.25) is 5.91 Å². The minimum absolute atomic E-state index is 0.00475. The number of aromatic amines is 1. The number of para-hydroxylation sites is 1. The van der Waals surface area contributed by atoms with Gasteiger partial charge in [0, 0.05) is 44.2 Å². The molecule has 3 aromatic rings. The molecule has 7 heteroatoms. The summed E-state index contributed by atoms with van der Waals surface area (Å²) in [6.45, 7) is 2.44. The topological polar surface area (TPSA) is 78.5 Å². The lowest BCUT2D eigenvalue weighted by Crippen LogP contribution is -2.38. The summed E-state index contributed by atoms with van der Waals surface area (Å²) in [6.07, 6.45) is 4.72. The highest BCUT2D eigenvalue weighted by Crippen LogP contribution is 2.18. The SMILES string of the molecule is COCC(=O)N1CCCN(C(=O)c2ccc(/C=C/c3n[nH]c4ccccc34)cc2)CC1. The average Bonchev–Trinajstić information content (AvgIpc) is 3.04. The van der Waals surface area contributed by atoms with Gasteiger partial charge in [0.25, 0.3) is 5.91 Å². The van der Waals surface area contributed by atoms with Crippen molar-refractivity contribution >= 4 is 34.9 Å². The monoisotopic (exact) mass is 418 g/mol. The predicted octanol–water partition coefficient (Wildman–Crippen LogP) is 3.05. The Morgan fingerprint density at radius 3 is 2.55 bits per heavy atom. The van der Waals surface area contributed by atoms with Crippen molar-refractivity contribution in [1.82, 2.24) is 20.0 Å². The van der Waals surface area contributed by atoms with Crippen molar-refractivity contribution in [3.05, 3.63) is 65.4 Å². The third-order valence-corrected chi connectivity index (χ3v) is 5.49. The molecule has 2 aromatic carbocycles. The maximum atomic E-state index is 12.9. The quantitative estimate of drug-likeness (QED) is 0.691. The number of methoxy groups -OCH3 is 1. The van der Waals surface area contributed by atoms with Gasteiger partial charge < -0.3 is 14.5 Å². The second-order valence-electron chi connectivity index (χ2n) is 7.57. The standard InChI is InChI=1S/C24H26N4O3/c1-31-17-23(29)27-13-4-14-28(16-15-27)24(30)19-10-7-18(8-11-19)9-12-22-20-5-2-3-6-21(20)25-26-22/h2-3,5-12H,4,13-17H2,1H3,(H,25,26)/b12-9+. The number of hydrogen-bond donors (Lipinski definition) is 1. The number of ether oxygens (including phenoxy) is 1. The number of aromatic nitrogens is 2. The van der Waals surface area contributed by atoms with Crippen molar-refractivity contribution in [2.75, 3.05) is 39.9 Å². The van der Waals surface area contributed by atoms with Gasteiger partial charge in [-0.05, 0) is 36.3 Å². The number of benzene rings is 2. The van der Waals surface area contributed by atoms with Crippen LogP contribution in [0.3, 0.4) is 0 Å². The van der Waals surface area contributed by atoms with Crippen LogP contribution in [0.25, 0.3) is 23.1 Å². The van der Waals surface area contributed by atoms with Gasteiger partial charge >= 0.3 is 0 Å². The molecule has 1 fully saturated rings. The van der Waals surface area contributed by atoms with E-state index >= 15 is 0 Å². The zero-order valence-corrected chi connectivity index (χ0v) is 17.6. The Bertz CT molecular complexity index is 1090. The molecule has 4 rings (SSSR count). The lowest BCUT2D eigenvalue weighted by Gasteiger charge is -2.22. The minimum atomic E-state index is -0.0300. The molecule has 160 valence electrons. The molecule has 0 saturated carbocycles. The Morgan fingerprint density at radius 1 is 1.00 bits per heavy atom. The molecule has 0 bridgehead atoms. The van der Waals surface area contributed by atoms with Crippen LogP contribution in [0.2, 0.25) is 0 Å². The molecule has 0 atom stereocenters. The maximum absolute atomic E-state index is 12.9. The van der Waals surface area contributed by atoms with E-state index < -0.39 is 0 Å². The van der Waals surface area contributed by atoms with Crippen molar-refractivity contribution in [3.8, 4) is 0 Å². The normalized spacial score (nSPS) is 14.9. The number of fused-ring (bicyclic) bond motifs is 1. The zero-order chi connectivity index (χ0) is 21.6. The van der Waals surface area contributed by atoms with Crippen molar-refractivity contribution in [3.63, 3.8) is 0 Å². The smallest absolute Gasteiger partial charge is 0.253 e. The van der Waals surface area contributed by atoms with Crippen LogP contribution in [0.1, 0.15) is 28.0 Å². The van der Waals surface area contributed by atoms with E-state index in [1.165, 1.54) is 7.11 Å². The summed E-state index contributed by atoms with van der Waals surface area (Å²) < 4.78 is 4.93. The van der Waals surface area contributed by atoms with E-state index in [-0.39, 0.29) is 18.4 Å². The van der Waals surface area contributed by atoms with Gasteiger partial charge in [-0.2, -0.15) is 5.10 Å². The molecule has 0 aliphatic carbocycles. The molecule has 1 N–H and O–H groups in total. The fourth-order valence-corrected chi connectivity index (χ4v) is 3.79. The van der Waals surface area contributed by atoms with Gasteiger partial charge in [0.1, 0.15) is 6.61 Å². The molecule has 1 aromatic heterocycles. The molecule has 2 heterocycles. The number of hydrogen-bond acceptors (Lipinski definition) is 4. The summed E-state index contributed by atoms with van der Waals surface area (Å²) in [4.78, 5) is 28.5. The highest BCUT2D eigenvalue weighted by molar-refractivity contribution is 5.95. The number of carbonyl (C=O) groups is 2. The van der Waals surface area contributed by atoms with E-state index in [0.29, 0.717) is 31.7 Å². The Labute approximate surface area is 181 Å². The minimum Gasteiger partial charge on any atom is -0.375 e. The molecule has 2 amide bonds. The summed E-state index contributed by atoms with van der Waals surface area (Å²) in [5, 5.41) is 8.45. The summed E-state index contributed by atoms with van der Waals surface area (Å²) in [5.74, 6) is -0.0347. The van der Waals surface area contributed by atoms with Crippen LogP contribution in [0, 0.1) is 0 Å². The Kier molecular flexibility index (Phi) is 6.43. The molecule has 1 aliphatic heterocycles. The zero-order valence-electron chi connectivity index (χ0n) is 17.6. The third-order valence-electron chi connectivity index (χ3n) is 5.49. The van der Waals surface area contributed by atoms with E-state index in [9.17, 15) is 9.59 Å². The van der Waals surface area contributed by atoms with Crippen LogP contribution in [0.15, 0.2) is 48.5 Å².